The summed E-state index contributed by atoms with van der Waals surface area (Å²) in [5.41, 5.74) is 0.599. The van der Waals surface area contributed by atoms with Crippen molar-refractivity contribution in [3.05, 3.63) is 23.9 Å². The largest absolute Gasteiger partial charge is 0.294 e. The minimum atomic E-state index is 0.0839. The predicted molar refractivity (Wildman–Crippen MR) is 73.5 cm³/mol. The number of pyridine rings is 1. The first-order valence-corrected chi connectivity index (χ1v) is 7.23. The second-order valence-electron chi connectivity index (χ2n) is 4.45. The molecule has 1 unspecified atom stereocenters. The third-order valence-corrected chi connectivity index (χ3v) is 3.41. The molecule has 2 nitrogen and oxygen atoms in total. The molecule has 0 aromatic carbocycles. The Kier molecular flexibility index (Phi) is 6.94. The third-order valence-electron chi connectivity index (χ3n) is 3.01. The molecule has 0 aliphatic heterocycles. The Morgan fingerprint density at radius 2 is 2.11 bits per heavy atom. The Morgan fingerprint density at radius 3 is 2.61 bits per heavy atom. The first-order chi connectivity index (χ1) is 8.72. The van der Waals surface area contributed by atoms with Gasteiger partial charge in [-0.3, -0.25) is 4.79 Å². The van der Waals surface area contributed by atoms with E-state index in [9.17, 15) is 8.68 Å². The molecule has 0 fully saturated rings. The van der Waals surface area contributed by atoms with E-state index in [0.717, 1.165) is 32.1 Å². The van der Waals surface area contributed by atoms with Gasteiger partial charge in [-0.2, -0.15) is 3.89 Å². The molecule has 1 aromatic heterocycles. The van der Waals surface area contributed by atoms with E-state index in [2.05, 4.69) is 18.8 Å². The summed E-state index contributed by atoms with van der Waals surface area (Å²) in [5.74, 6) is 0.230. The van der Waals surface area contributed by atoms with Crippen LogP contribution in [0.5, 0.6) is 0 Å². The van der Waals surface area contributed by atoms with E-state index >= 15 is 0 Å². The molecule has 0 saturated carbocycles. The molecule has 1 atom stereocenters. The molecule has 0 spiro atoms. The van der Waals surface area contributed by atoms with Crippen molar-refractivity contribution >= 4 is 17.9 Å². The van der Waals surface area contributed by atoms with E-state index < -0.39 is 0 Å². The van der Waals surface area contributed by atoms with Crippen molar-refractivity contribution in [1.29, 1.82) is 0 Å². The molecule has 1 heterocycles. The number of nitrogens with zero attached hydrogens (tertiary/aromatic N) is 1. The van der Waals surface area contributed by atoms with Crippen LogP contribution in [-0.2, 0) is 0 Å². The molecule has 100 valence electrons. The maximum atomic E-state index is 12.3. The maximum Gasteiger partial charge on any atom is 0.167 e. The van der Waals surface area contributed by atoms with Crippen LogP contribution in [0.15, 0.2) is 23.4 Å². The minimum Gasteiger partial charge on any atom is -0.294 e. The van der Waals surface area contributed by atoms with Gasteiger partial charge in [-0.05, 0) is 25.0 Å². The lowest BCUT2D eigenvalue weighted by Gasteiger charge is -2.14. The predicted octanol–water partition coefficient (Wildman–Crippen LogP) is 4.85. The van der Waals surface area contributed by atoms with E-state index in [-0.39, 0.29) is 23.8 Å². The molecule has 0 aliphatic rings. The smallest absolute Gasteiger partial charge is 0.167 e. The van der Waals surface area contributed by atoms with Crippen molar-refractivity contribution in [2.24, 2.45) is 5.92 Å². The maximum absolute atomic E-state index is 12.3. The zero-order valence-electron chi connectivity index (χ0n) is 11.0. The van der Waals surface area contributed by atoms with Crippen molar-refractivity contribution < 1.29 is 8.68 Å². The first-order valence-electron chi connectivity index (χ1n) is 6.51. The van der Waals surface area contributed by atoms with Gasteiger partial charge >= 0.3 is 0 Å². The fraction of sp³-hybridized carbons (Fsp3) is 0.571. The van der Waals surface area contributed by atoms with Crippen LogP contribution in [0.25, 0.3) is 0 Å². The van der Waals surface area contributed by atoms with E-state index in [1.54, 1.807) is 12.1 Å². The van der Waals surface area contributed by atoms with Crippen molar-refractivity contribution in [2.45, 2.75) is 51.0 Å². The van der Waals surface area contributed by atoms with Gasteiger partial charge in [0, 0.05) is 17.7 Å². The number of halogens is 1. The lowest BCUT2D eigenvalue weighted by molar-refractivity contribution is 0.0903. The molecule has 18 heavy (non-hydrogen) atoms. The molecule has 0 saturated heterocycles. The van der Waals surface area contributed by atoms with Gasteiger partial charge in [0.1, 0.15) is 17.2 Å². The first kappa shape index (κ1) is 15.2. The summed E-state index contributed by atoms with van der Waals surface area (Å²) < 4.78 is 12.3. The SMILES string of the molecule is CCCCC(CCC)C(=O)c1ccc(SF)nc1. The summed E-state index contributed by atoms with van der Waals surface area (Å²) >= 11 is 0.0993. The molecule has 1 rings (SSSR count). The molecule has 0 bridgehead atoms. The highest BCUT2D eigenvalue weighted by molar-refractivity contribution is 7.94. The van der Waals surface area contributed by atoms with Crippen LogP contribution in [0.4, 0.5) is 3.89 Å². The van der Waals surface area contributed by atoms with Crippen LogP contribution in [0, 0.1) is 5.92 Å². The number of hydrogen-bond acceptors (Lipinski definition) is 3. The van der Waals surface area contributed by atoms with Gasteiger partial charge in [-0.1, -0.05) is 33.1 Å². The number of Topliss-reactive ketones (excluding diaryl/α,β-unsaturated/α-hetero) is 1. The summed E-state index contributed by atoms with van der Waals surface area (Å²) in [6.07, 6.45) is 6.51. The summed E-state index contributed by atoms with van der Waals surface area (Å²) in [7, 11) is 0. The fourth-order valence-corrected chi connectivity index (χ4v) is 2.22. The average Bonchev–Trinajstić information content (AvgIpc) is 2.43. The van der Waals surface area contributed by atoms with Crippen LogP contribution in [0.2, 0.25) is 0 Å². The fourth-order valence-electron chi connectivity index (χ4n) is 2.01. The standard InChI is InChI=1S/C14H20FNOS/c1-3-5-7-11(6-4-2)14(17)12-8-9-13(18-15)16-10-12/h8-11H,3-7H2,1-2H3. The van der Waals surface area contributed by atoms with Crippen LogP contribution in [0.1, 0.15) is 56.3 Å². The van der Waals surface area contributed by atoms with Crippen molar-refractivity contribution in [3.63, 3.8) is 0 Å². The van der Waals surface area contributed by atoms with Crippen molar-refractivity contribution in [2.75, 3.05) is 0 Å². The number of carbonyl (C=O) groups excluding carboxylic acids is 1. The zero-order chi connectivity index (χ0) is 13.4. The van der Waals surface area contributed by atoms with Gasteiger partial charge in [0.15, 0.2) is 5.78 Å². The van der Waals surface area contributed by atoms with E-state index in [1.807, 2.05) is 0 Å². The number of unbranched alkanes of at least 4 members (excludes halogenated alkanes) is 1. The second-order valence-corrected chi connectivity index (χ2v) is 5.03. The Hall–Kier alpha value is -0.900. The highest BCUT2D eigenvalue weighted by Crippen LogP contribution is 2.22. The normalized spacial score (nSPS) is 12.4. The molecule has 0 N–H and O–H groups in total. The van der Waals surface area contributed by atoms with E-state index in [4.69, 9.17) is 0 Å². The van der Waals surface area contributed by atoms with Gasteiger partial charge in [-0.15, -0.1) is 0 Å². The molecular formula is C14H20FNOS. The van der Waals surface area contributed by atoms with Crippen molar-refractivity contribution in [1.82, 2.24) is 4.98 Å². The van der Waals surface area contributed by atoms with E-state index in [0.29, 0.717) is 10.6 Å². The Balaban J connectivity index is 2.73. The molecule has 0 aliphatic carbocycles. The average molecular weight is 269 g/mol. The quantitative estimate of drug-likeness (QED) is 0.632. The molecule has 0 amide bonds. The summed E-state index contributed by atoms with van der Waals surface area (Å²) in [5, 5.41) is 0.298. The number of rotatable bonds is 8. The summed E-state index contributed by atoms with van der Waals surface area (Å²) in [6, 6.07) is 3.23. The molecule has 4 heteroatoms. The summed E-state index contributed by atoms with van der Waals surface area (Å²) in [4.78, 5) is 16.2. The number of hydrogen-bond donors (Lipinski definition) is 0. The monoisotopic (exact) mass is 269 g/mol. The van der Waals surface area contributed by atoms with Gasteiger partial charge in [0.25, 0.3) is 0 Å². The topological polar surface area (TPSA) is 30.0 Å². The molecular weight excluding hydrogens is 249 g/mol. The van der Waals surface area contributed by atoms with Crippen LogP contribution >= 0.6 is 12.1 Å². The number of aromatic nitrogens is 1. The van der Waals surface area contributed by atoms with Gasteiger partial charge in [0.2, 0.25) is 0 Å². The lowest BCUT2D eigenvalue weighted by Crippen LogP contribution is -2.15. The van der Waals surface area contributed by atoms with Crippen LogP contribution < -0.4 is 0 Å². The van der Waals surface area contributed by atoms with Crippen LogP contribution in [0.3, 0.4) is 0 Å². The lowest BCUT2D eigenvalue weighted by atomic mass is 9.90. The van der Waals surface area contributed by atoms with Gasteiger partial charge in [-0.25, -0.2) is 4.98 Å². The number of ketones is 1. The molecule has 0 radical (unpaired) electrons. The highest BCUT2D eigenvalue weighted by atomic mass is 32.2. The van der Waals surface area contributed by atoms with Gasteiger partial charge in [0.05, 0.1) is 0 Å². The Morgan fingerprint density at radius 1 is 1.33 bits per heavy atom. The Bertz CT molecular complexity index is 367. The summed E-state index contributed by atoms with van der Waals surface area (Å²) in [6.45, 7) is 4.22. The number of carbonyl (C=O) groups is 1. The second kappa shape index (κ2) is 8.25. The van der Waals surface area contributed by atoms with Crippen molar-refractivity contribution in [3.8, 4) is 0 Å². The third kappa shape index (κ3) is 4.41. The highest BCUT2D eigenvalue weighted by Gasteiger charge is 2.19. The Labute approximate surface area is 113 Å². The van der Waals surface area contributed by atoms with E-state index in [1.165, 1.54) is 6.20 Å². The molecule has 1 aromatic rings. The minimum absolute atomic E-state index is 0.0839. The zero-order valence-corrected chi connectivity index (χ0v) is 11.8. The van der Waals surface area contributed by atoms with Crippen LogP contribution in [-0.4, -0.2) is 10.8 Å². The van der Waals surface area contributed by atoms with Gasteiger partial charge < -0.3 is 0 Å².